The lowest BCUT2D eigenvalue weighted by molar-refractivity contribution is 0.124. The molecule has 1 saturated heterocycles. The van der Waals surface area contributed by atoms with Crippen molar-refractivity contribution in [3.8, 4) is 6.07 Å². The molecule has 13 heavy (non-hydrogen) atoms. The minimum absolute atomic E-state index is 0.370. The molecular weight excluding hydrogens is 164 g/mol. The number of hydrogen-bond acceptors (Lipinski definition) is 3. The van der Waals surface area contributed by atoms with Gasteiger partial charge in [-0.15, -0.1) is 0 Å². The maximum atomic E-state index is 8.60. The van der Waals surface area contributed by atoms with Crippen molar-refractivity contribution >= 4 is 0 Å². The number of ether oxygens (including phenoxy) is 1. The smallest absolute Gasteiger partial charge is 0.0638 e. The summed E-state index contributed by atoms with van der Waals surface area (Å²) in [5, 5.41) is 8.60. The van der Waals surface area contributed by atoms with Crippen LogP contribution in [0.25, 0.3) is 0 Å². The first kappa shape index (κ1) is 10.5. The Morgan fingerprint density at radius 3 is 3.15 bits per heavy atom. The molecule has 1 aliphatic heterocycles. The van der Waals surface area contributed by atoms with Crippen LogP contribution >= 0.6 is 0 Å². The summed E-state index contributed by atoms with van der Waals surface area (Å²) in [6.45, 7) is 7.99. The minimum Gasteiger partial charge on any atom is -0.380 e. The third kappa shape index (κ3) is 3.33. The highest BCUT2D eigenvalue weighted by molar-refractivity contribution is 4.81. The zero-order valence-electron chi connectivity index (χ0n) is 8.49. The van der Waals surface area contributed by atoms with Crippen LogP contribution in [0.15, 0.2) is 0 Å². The molecule has 1 aliphatic rings. The first-order chi connectivity index (χ1) is 6.24. The molecule has 1 heterocycles. The van der Waals surface area contributed by atoms with Gasteiger partial charge in [0.1, 0.15) is 0 Å². The van der Waals surface area contributed by atoms with Gasteiger partial charge in [0, 0.05) is 19.1 Å². The molecule has 3 nitrogen and oxygen atoms in total. The van der Waals surface area contributed by atoms with Gasteiger partial charge in [-0.05, 0) is 12.8 Å². The Hall–Kier alpha value is -0.590. The van der Waals surface area contributed by atoms with Gasteiger partial charge >= 0.3 is 0 Å². The van der Waals surface area contributed by atoms with Gasteiger partial charge in [-0.2, -0.15) is 5.26 Å². The van der Waals surface area contributed by atoms with E-state index in [1.807, 2.05) is 0 Å². The highest BCUT2D eigenvalue weighted by atomic mass is 16.5. The van der Waals surface area contributed by atoms with Crippen molar-refractivity contribution in [2.24, 2.45) is 5.92 Å². The molecule has 2 unspecified atom stereocenters. The maximum absolute atomic E-state index is 8.60. The molecule has 0 aromatic carbocycles. The van der Waals surface area contributed by atoms with Gasteiger partial charge in [0.25, 0.3) is 0 Å². The van der Waals surface area contributed by atoms with Crippen LogP contribution in [0, 0.1) is 17.2 Å². The lowest BCUT2D eigenvalue weighted by Crippen LogP contribution is -2.36. The summed E-state index contributed by atoms with van der Waals surface area (Å²) in [5.41, 5.74) is 0. The Labute approximate surface area is 80.3 Å². The third-order valence-corrected chi connectivity index (χ3v) is 2.48. The average molecular weight is 182 g/mol. The van der Waals surface area contributed by atoms with E-state index in [9.17, 15) is 0 Å². The van der Waals surface area contributed by atoms with E-state index in [0.29, 0.717) is 18.4 Å². The first-order valence-corrected chi connectivity index (χ1v) is 4.92. The second-order valence-electron chi connectivity index (χ2n) is 3.89. The van der Waals surface area contributed by atoms with Crippen molar-refractivity contribution in [2.75, 3.05) is 26.3 Å². The van der Waals surface area contributed by atoms with Crippen LogP contribution in [0.4, 0.5) is 0 Å². The summed E-state index contributed by atoms with van der Waals surface area (Å²) >= 11 is 0. The van der Waals surface area contributed by atoms with E-state index in [1.54, 1.807) is 0 Å². The topological polar surface area (TPSA) is 36.3 Å². The van der Waals surface area contributed by atoms with Crippen molar-refractivity contribution in [2.45, 2.75) is 26.3 Å². The lowest BCUT2D eigenvalue weighted by Gasteiger charge is -2.26. The molecular formula is C10H18N2O. The van der Waals surface area contributed by atoms with Gasteiger partial charge in [0.15, 0.2) is 0 Å². The van der Waals surface area contributed by atoms with E-state index >= 15 is 0 Å². The highest BCUT2D eigenvalue weighted by Gasteiger charge is 2.19. The summed E-state index contributed by atoms with van der Waals surface area (Å²) < 4.78 is 5.44. The number of nitriles is 1. The lowest BCUT2D eigenvalue weighted by atomic mass is 10.1. The van der Waals surface area contributed by atoms with Crippen LogP contribution in [0.5, 0.6) is 0 Å². The maximum Gasteiger partial charge on any atom is 0.0638 e. The zero-order chi connectivity index (χ0) is 9.68. The predicted octanol–water partition coefficient (Wildman–Crippen LogP) is 1.26. The van der Waals surface area contributed by atoms with Crippen LogP contribution < -0.4 is 0 Å². The van der Waals surface area contributed by atoms with Crippen LogP contribution in [-0.4, -0.2) is 37.2 Å². The molecule has 0 N–H and O–H groups in total. The second-order valence-corrected chi connectivity index (χ2v) is 3.89. The summed E-state index contributed by atoms with van der Waals surface area (Å²) in [4.78, 5) is 2.35. The number of nitrogens with zero attached hydrogens (tertiary/aromatic N) is 2. The fraction of sp³-hybridized carbons (Fsp3) is 0.900. The van der Waals surface area contributed by atoms with Crippen LogP contribution in [0.3, 0.4) is 0 Å². The molecule has 1 rings (SSSR count). The van der Waals surface area contributed by atoms with E-state index in [-0.39, 0.29) is 0 Å². The first-order valence-electron chi connectivity index (χ1n) is 4.92. The molecule has 0 spiro atoms. The highest BCUT2D eigenvalue weighted by Crippen LogP contribution is 2.10. The molecule has 0 aliphatic carbocycles. The van der Waals surface area contributed by atoms with Gasteiger partial charge in [-0.25, -0.2) is 0 Å². The van der Waals surface area contributed by atoms with Crippen molar-refractivity contribution in [3.05, 3.63) is 0 Å². The molecule has 3 heteroatoms. The Balaban J connectivity index is 2.43. The second kappa shape index (κ2) is 5.21. The van der Waals surface area contributed by atoms with E-state index < -0.39 is 0 Å². The predicted molar refractivity (Wildman–Crippen MR) is 51.2 cm³/mol. The SMILES string of the molecule is CC1COCCN(C(C)CC#N)C1. The van der Waals surface area contributed by atoms with Crippen molar-refractivity contribution < 1.29 is 4.74 Å². The van der Waals surface area contributed by atoms with E-state index in [2.05, 4.69) is 24.8 Å². The van der Waals surface area contributed by atoms with Crippen LogP contribution in [0.1, 0.15) is 20.3 Å². The molecule has 1 fully saturated rings. The molecule has 0 aromatic heterocycles. The number of hydrogen-bond donors (Lipinski definition) is 0. The fourth-order valence-electron chi connectivity index (χ4n) is 1.67. The van der Waals surface area contributed by atoms with Gasteiger partial charge in [-0.1, -0.05) is 6.92 Å². The molecule has 0 saturated carbocycles. The molecule has 0 bridgehead atoms. The third-order valence-electron chi connectivity index (χ3n) is 2.48. The Morgan fingerprint density at radius 2 is 2.46 bits per heavy atom. The fourth-order valence-corrected chi connectivity index (χ4v) is 1.67. The van der Waals surface area contributed by atoms with Gasteiger partial charge in [0.05, 0.1) is 25.7 Å². The quantitative estimate of drug-likeness (QED) is 0.645. The van der Waals surface area contributed by atoms with Crippen molar-refractivity contribution in [1.82, 2.24) is 4.90 Å². The largest absolute Gasteiger partial charge is 0.380 e. The summed E-state index contributed by atoms with van der Waals surface area (Å²) in [6.07, 6.45) is 0.618. The average Bonchev–Trinajstić information content (AvgIpc) is 2.30. The normalized spacial score (nSPS) is 27.6. The standard InChI is InChI=1S/C10H18N2O/c1-9-7-12(5-6-13-8-9)10(2)3-4-11/h9-10H,3,5-8H2,1-2H3. The minimum atomic E-state index is 0.370. The van der Waals surface area contributed by atoms with E-state index in [4.69, 9.17) is 10.00 Å². The Kier molecular flexibility index (Phi) is 4.20. The van der Waals surface area contributed by atoms with Crippen LogP contribution in [-0.2, 0) is 4.74 Å². The molecule has 0 amide bonds. The molecule has 0 radical (unpaired) electrons. The molecule has 0 aromatic rings. The summed E-state index contributed by atoms with van der Waals surface area (Å²) in [6, 6.07) is 2.59. The number of rotatable bonds is 2. The van der Waals surface area contributed by atoms with E-state index in [1.165, 1.54) is 0 Å². The molecule has 2 atom stereocenters. The summed E-state index contributed by atoms with van der Waals surface area (Å²) in [5.74, 6) is 0.587. The van der Waals surface area contributed by atoms with Crippen molar-refractivity contribution in [3.63, 3.8) is 0 Å². The van der Waals surface area contributed by atoms with Crippen LogP contribution in [0.2, 0.25) is 0 Å². The van der Waals surface area contributed by atoms with Gasteiger partial charge in [0.2, 0.25) is 0 Å². The van der Waals surface area contributed by atoms with Gasteiger partial charge < -0.3 is 4.74 Å². The van der Waals surface area contributed by atoms with E-state index in [0.717, 1.165) is 26.3 Å². The Morgan fingerprint density at radius 1 is 1.69 bits per heavy atom. The monoisotopic (exact) mass is 182 g/mol. The summed E-state index contributed by atoms with van der Waals surface area (Å²) in [7, 11) is 0. The zero-order valence-corrected chi connectivity index (χ0v) is 8.49. The van der Waals surface area contributed by atoms with Crippen molar-refractivity contribution in [1.29, 1.82) is 5.26 Å². The Bertz CT molecular complexity index is 188. The van der Waals surface area contributed by atoms with Gasteiger partial charge in [-0.3, -0.25) is 4.90 Å². The molecule has 74 valence electrons.